The molecule has 0 aliphatic rings. The van der Waals surface area contributed by atoms with E-state index in [2.05, 4.69) is 45.2 Å². The second-order valence-corrected chi connectivity index (χ2v) is 6.98. The molecule has 0 aliphatic heterocycles. The van der Waals surface area contributed by atoms with Crippen LogP contribution in [-0.2, 0) is 4.79 Å². The second-order valence-electron chi connectivity index (χ2n) is 5.00. The Bertz CT molecular complexity index is 387. The van der Waals surface area contributed by atoms with Crippen molar-refractivity contribution in [2.24, 2.45) is 0 Å². The van der Waals surface area contributed by atoms with E-state index in [4.69, 9.17) is 0 Å². The summed E-state index contributed by atoms with van der Waals surface area (Å²) in [4.78, 5) is 14.0. The molecular weight excluding hydrogens is 304 g/mol. The Hall–Kier alpha value is -1.03. The van der Waals surface area contributed by atoms with Gasteiger partial charge >= 0.3 is 0 Å². The molecule has 0 heterocycles. The summed E-state index contributed by atoms with van der Waals surface area (Å²) in [6, 6.07) is 10.4. The van der Waals surface area contributed by atoms with Crippen molar-refractivity contribution in [1.82, 2.24) is 5.32 Å². The van der Waals surface area contributed by atoms with Crippen LogP contribution in [-0.4, -0.2) is 29.9 Å². The van der Waals surface area contributed by atoms with Crippen molar-refractivity contribution in [2.75, 3.05) is 24.5 Å². The Balaban J connectivity index is 2.34. The minimum absolute atomic E-state index is 0.0373. The van der Waals surface area contributed by atoms with Crippen LogP contribution in [0.25, 0.3) is 0 Å². The summed E-state index contributed by atoms with van der Waals surface area (Å²) in [5.74, 6) is 0.0373. The number of carbonyl (C=O) groups excluding carboxylic acids is 1. The number of benzene rings is 1. The van der Waals surface area contributed by atoms with Gasteiger partial charge in [-0.2, -0.15) is 0 Å². The van der Waals surface area contributed by atoms with Crippen molar-refractivity contribution >= 4 is 27.5 Å². The quantitative estimate of drug-likeness (QED) is 0.616. The molecule has 1 rings (SSSR count). The Morgan fingerprint density at radius 1 is 1.32 bits per heavy atom. The van der Waals surface area contributed by atoms with Gasteiger partial charge in [0.25, 0.3) is 0 Å². The number of carbonyl (C=O) groups is 1. The molecular formula is C15H23BrN2O. The number of halogens is 1. The van der Waals surface area contributed by atoms with E-state index in [1.165, 1.54) is 5.69 Å². The molecule has 4 heteroatoms. The summed E-state index contributed by atoms with van der Waals surface area (Å²) in [6.07, 6.45) is 0.942. The third-order valence-corrected chi connectivity index (χ3v) is 3.29. The zero-order chi connectivity index (χ0) is 14.3. The number of nitrogens with zero attached hydrogens (tertiary/aromatic N) is 1. The molecule has 0 unspecified atom stereocenters. The first kappa shape index (κ1) is 16.0. The third-order valence-electron chi connectivity index (χ3n) is 2.93. The van der Waals surface area contributed by atoms with Crippen LogP contribution in [0.15, 0.2) is 30.3 Å². The molecule has 1 aromatic carbocycles. The summed E-state index contributed by atoms with van der Waals surface area (Å²) < 4.78 is -0.489. The van der Waals surface area contributed by atoms with Crippen LogP contribution in [0, 0.1) is 0 Å². The van der Waals surface area contributed by atoms with Crippen molar-refractivity contribution < 1.29 is 4.79 Å². The number of anilines is 1. The summed E-state index contributed by atoms with van der Waals surface area (Å²) in [5.41, 5.74) is 1.23. The number of nitrogens with one attached hydrogen (secondary N) is 1. The monoisotopic (exact) mass is 326 g/mol. The smallest absolute Gasteiger partial charge is 0.236 e. The number of amides is 1. The second kappa shape index (κ2) is 7.53. The number of rotatable bonds is 7. The van der Waals surface area contributed by atoms with E-state index >= 15 is 0 Å². The first-order valence-electron chi connectivity index (χ1n) is 6.72. The van der Waals surface area contributed by atoms with Crippen molar-refractivity contribution in [3.63, 3.8) is 0 Å². The normalized spacial score (nSPS) is 11.2. The van der Waals surface area contributed by atoms with Gasteiger partial charge in [0.2, 0.25) is 5.91 Å². The van der Waals surface area contributed by atoms with Gasteiger partial charge in [0.05, 0.1) is 4.32 Å². The van der Waals surface area contributed by atoms with Crippen molar-refractivity contribution in [1.29, 1.82) is 0 Å². The van der Waals surface area contributed by atoms with Crippen LogP contribution < -0.4 is 10.2 Å². The van der Waals surface area contributed by atoms with Crippen LogP contribution in [0.1, 0.15) is 27.2 Å². The Morgan fingerprint density at radius 2 is 1.95 bits per heavy atom. The third kappa shape index (κ3) is 5.64. The van der Waals surface area contributed by atoms with E-state index in [9.17, 15) is 4.79 Å². The van der Waals surface area contributed by atoms with E-state index in [0.29, 0.717) is 6.54 Å². The zero-order valence-corrected chi connectivity index (χ0v) is 13.5. The molecule has 0 fully saturated rings. The van der Waals surface area contributed by atoms with Gasteiger partial charge < -0.3 is 10.2 Å². The molecule has 0 spiro atoms. The molecule has 19 heavy (non-hydrogen) atoms. The summed E-state index contributed by atoms with van der Waals surface area (Å²) in [5, 5.41) is 2.94. The van der Waals surface area contributed by atoms with E-state index in [0.717, 1.165) is 19.5 Å². The molecule has 1 N–H and O–H groups in total. The van der Waals surface area contributed by atoms with Crippen LogP contribution in [0.5, 0.6) is 0 Å². The molecule has 0 aromatic heterocycles. The zero-order valence-electron chi connectivity index (χ0n) is 11.9. The first-order valence-corrected chi connectivity index (χ1v) is 7.51. The minimum Gasteiger partial charge on any atom is -0.372 e. The number of alkyl halides is 1. The maximum absolute atomic E-state index is 11.7. The summed E-state index contributed by atoms with van der Waals surface area (Å²) in [6.45, 7) is 8.48. The molecule has 1 aromatic rings. The van der Waals surface area contributed by atoms with Gasteiger partial charge in [-0.3, -0.25) is 4.79 Å². The summed E-state index contributed by atoms with van der Waals surface area (Å²) >= 11 is 3.35. The van der Waals surface area contributed by atoms with E-state index in [-0.39, 0.29) is 5.91 Å². The van der Waals surface area contributed by atoms with Crippen LogP contribution in [0.4, 0.5) is 5.69 Å². The standard InChI is InChI=1S/C15H23BrN2O/c1-4-18(13-9-6-5-7-10-13)12-8-11-17-14(19)15(2,3)16/h5-7,9-10H,4,8,11-12H2,1-3H3,(H,17,19). The number of para-hydroxylation sites is 1. The molecule has 0 aliphatic carbocycles. The van der Waals surface area contributed by atoms with Gasteiger partial charge in [-0.1, -0.05) is 34.1 Å². The van der Waals surface area contributed by atoms with Crippen molar-refractivity contribution in [2.45, 2.75) is 31.5 Å². The molecule has 106 valence electrons. The van der Waals surface area contributed by atoms with Gasteiger partial charge in [-0.25, -0.2) is 0 Å². The lowest BCUT2D eigenvalue weighted by molar-refractivity contribution is -0.122. The van der Waals surface area contributed by atoms with Gasteiger partial charge in [-0.05, 0) is 39.3 Å². The minimum atomic E-state index is -0.489. The predicted octanol–water partition coefficient (Wildman–Crippen LogP) is 3.19. The molecule has 0 saturated heterocycles. The highest BCUT2D eigenvalue weighted by molar-refractivity contribution is 9.10. The van der Waals surface area contributed by atoms with Crippen LogP contribution in [0.2, 0.25) is 0 Å². The highest BCUT2D eigenvalue weighted by Crippen LogP contribution is 2.15. The lowest BCUT2D eigenvalue weighted by atomic mass is 10.2. The fraction of sp³-hybridized carbons (Fsp3) is 0.533. The molecule has 3 nitrogen and oxygen atoms in total. The molecule has 0 bridgehead atoms. The first-order chi connectivity index (χ1) is 8.95. The van der Waals surface area contributed by atoms with E-state index < -0.39 is 4.32 Å². The Labute approximate surface area is 124 Å². The number of hydrogen-bond donors (Lipinski definition) is 1. The lowest BCUT2D eigenvalue weighted by Gasteiger charge is -2.23. The molecule has 0 saturated carbocycles. The largest absolute Gasteiger partial charge is 0.372 e. The Kier molecular flexibility index (Phi) is 6.35. The number of hydrogen-bond acceptors (Lipinski definition) is 2. The van der Waals surface area contributed by atoms with Crippen LogP contribution in [0.3, 0.4) is 0 Å². The predicted molar refractivity (Wildman–Crippen MR) is 85.0 cm³/mol. The highest BCUT2D eigenvalue weighted by Gasteiger charge is 2.22. The fourth-order valence-corrected chi connectivity index (χ4v) is 1.93. The van der Waals surface area contributed by atoms with Gasteiger partial charge in [0.1, 0.15) is 0 Å². The maximum Gasteiger partial charge on any atom is 0.236 e. The highest BCUT2D eigenvalue weighted by atomic mass is 79.9. The van der Waals surface area contributed by atoms with Crippen molar-refractivity contribution in [3.8, 4) is 0 Å². The molecule has 0 radical (unpaired) electrons. The molecule has 0 atom stereocenters. The average molecular weight is 327 g/mol. The average Bonchev–Trinajstić information content (AvgIpc) is 2.38. The van der Waals surface area contributed by atoms with Crippen molar-refractivity contribution in [3.05, 3.63) is 30.3 Å². The fourth-order valence-electron chi connectivity index (χ4n) is 1.79. The molecule has 1 amide bonds. The van der Waals surface area contributed by atoms with Gasteiger partial charge in [0.15, 0.2) is 0 Å². The van der Waals surface area contributed by atoms with Gasteiger partial charge in [-0.15, -0.1) is 0 Å². The van der Waals surface area contributed by atoms with Gasteiger partial charge in [0, 0.05) is 25.3 Å². The lowest BCUT2D eigenvalue weighted by Crippen LogP contribution is -2.39. The van der Waals surface area contributed by atoms with Crippen LogP contribution >= 0.6 is 15.9 Å². The Morgan fingerprint density at radius 3 is 2.47 bits per heavy atom. The SMILES string of the molecule is CCN(CCCNC(=O)C(C)(C)Br)c1ccccc1. The summed E-state index contributed by atoms with van der Waals surface area (Å²) in [7, 11) is 0. The topological polar surface area (TPSA) is 32.3 Å². The maximum atomic E-state index is 11.7. The van der Waals surface area contributed by atoms with E-state index in [1.807, 2.05) is 32.0 Å². The van der Waals surface area contributed by atoms with E-state index in [1.54, 1.807) is 0 Å².